The predicted octanol–water partition coefficient (Wildman–Crippen LogP) is 1.51. The second kappa shape index (κ2) is 7.77. The topological polar surface area (TPSA) is 90.6 Å². The quantitative estimate of drug-likeness (QED) is 0.615. The van der Waals surface area contributed by atoms with Gasteiger partial charge in [-0.2, -0.15) is 0 Å². The molecule has 3 aromatic heterocycles. The van der Waals surface area contributed by atoms with Crippen molar-refractivity contribution >= 4 is 12.0 Å². The highest BCUT2D eigenvalue weighted by molar-refractivity contribution is 5.91. The van der Waals surface area contributed by atoms with Crippen molar-refractivity contribution in [3.63, 3.8) is 0 Å². The van der Waals surface area contributed by atoms with Crippen LogP contribution in [-0.4, -0.2) is 19.9 Å². The Morgan fingerprint density at radius 1 is 1.07 bits per heavy atom. The molecule has 8 nitrogen and oxygen atoms in total. The zero-order valence-corrected chi connectivity index (χ0v) is 15.0. The van der Waals surface area contributed by atoms with Crippen molar-refractivity contribution in [1.29, 1.82) is 0 Å². The second-order valence-electron chi connectivity index (χ2n) is 6.03. The first-order valence-corrected chi connectivity index (χ1v) is 8.24. The van der Waals surface area contributed by atoms with Gasteiger partial charge in [0.15, 0.2) is 0 Å². The van der Waals surface area contributed by atoms with Crippen LogP contribution in [0.15, 0.2) is 67.5 Å². The summed E-state index contributed by atoms with van der Waals surface area (Å²) in [5.41, 5.74) is -0.657. The lowest BCUT2D eigenvalue weighted by Crippen LogP contribution is -2.37. The zero-order chi connectivity index (χ0) is 19.4. The van der Waals surface area contributed by atoms with Crippen LogP contribution < -0.4 is 11.2 Å². The van der Waals surface area contributed by atoms with E-state index in [1.165, 1.54) is 47.4 Å². The minimum absolute atomic E-state index is 0.240. The van der Waals surface area contributed by atoms with Crippen LogP contribution in [0, 0.1) is 0 Å². The first kappa shape index (κ1) is 18.2. The number of hydrogen-bond acceptors (Lipinski definition) is 5. The lowest BCUT2D eigenvalue weighted by Gasteiger charge is -2.18. The van der Waals surface area contributed by atoms with E-state index in [0.29, 0.717) is 11.5 Å². The summed E-state index contributed by atoms with van der Waals surface area (Å²) in [6, 6.07) is 7.04. The highest BCUT2D eigenvalue weighted by atomic mass is 16.3. The Balaban J connectivity index is 1.84. The summed E-state index contributed by atoms with van der Waals surface area (Å²) >= 11 is 0. The van der Waals surface area contributed by atoms with Crippen LogP contribution in [0.25, 0.3) is 6.08 Å². The molecule has 0 fully saturated rings. The lowest BCUT2D eigenvalue weighted by atomic mass is 10.2. The van der Waals surface area contributed by atoms with Crippen molar-refractivity contribution in [2.75, 3.05) is 0 Å². The molecule has 27 heavy (non-hydrogen) atoms. The molecule has 3 aromatic rings. The van der Waals surface area contributed by atoms with E-state index < -0.39 is 11.2 Å². The number of rotatable bonds is 6. The number of nitrogens with zero attached hydrogens (tertiary/aromatic N) is 3. The van der Waals surface area contributed by atoms with E-state index in [9.17, 15) is 14.4 Å². The molecule has 0 aliphatic carbocycles. The molecule has 0 saturated carbocycles. The highest BCUT2D eigenvalue weighted by Crippen LogP contribution is 2.12. The van der Waals surface area contributed by atoms with Gasteiger partial charge in [-0.3, -0.25) is 14.2 Å². The van der Waals surface area contributed by atoms with E-state index >= 15 is 0 Å². The van der Waals surface area contributed by atoms with Gasteiger partial charge >= 0.3 is 5.69 Å². The molecule has 0 N–H and O–H groups in total. The molecule has 0 spiro atoms. The van der Waals surface area contributed by atoms with Crippen molar-refractivity contribution in [3.8, 4) is 0 Å². The number of aryl methyl sites for hydroxylation is 1. The second-order valence-corrected chi connectivity index (χ2v) is 6.03. The SMILES string of the molecule is Cn1cc(/C=C/C(=O)N(Cc2ccco2)Cc2ccco2)c(=O)n(C)c1=O. The average Bonchev–Trinajstić information content (AvgIpc) is 3.35. The van der Waals surface area contributed by atoms with Gasteiger partial charge in [-0.15, -0.1) is 0 Å². The average molecular weight is 369 g/mol. The van der Waals surface area contributed by atoms with Gasteiger partial charge < -0.3 is 18.3 Å². The third-order valence-electron chi connectivity index (χ3n) is 4.04. The van der Waals surface area contributed by atoms with Crippen molar-refractivity contribution < 1.29 is 13.6 Å². The maximum atomic E-state index is 12.7. The standard InChI is InChI=1S/C19H19N3O5/c1-20-11-14(18(24)21(2)19(20)25)7-8-17(23)22(12-15-5-3-9-26-15)13-16-6-4-10-27-16/h3-11H,12-13H2,1-2H3/b8-7+. The van der Waals surface area contributed by atoms with E-state index in [4.69, 9.17) is 8.83 Å². The van der Waals surface area contributed by atoms with Gasteiger partial charge in [0.2, 0.25) is 5.91 Å². The van der Waals surface area contributed by atoms with E-state index in [0.717, 1.165) is 4.57 Å². The number of aromatic nitrogens is 2. The maximum absolute atomic E-state index is 12.7. The summed E-state index contributed by atoms with van der Waals surface area (Å²) in [6.45, 7) is 0.504. The monoisotopic (exact) mass is 369 g/mol. The van der Waals surface area contributed by atoms with Gasteiger partial charge in [-0.05, 0) is 30.3 Å². The minimum atomic E-state index is -0.467. The summed E-state index contributed by atoms with van der Waals surface area (Å²) in [7, 11) is 2.94. The maximum Gasteiger partial charge on any atom is 0.330 e. The summed E-state index contributed by atoms with van der Waals surface area (Å²) < 4.78 is 12.9. The van der Waals surface area contributed by atoms with Gasteiger partial charge in [0, 0.05) is 26.4 Å². The smallest absolute Gasteiger partial charge is 0.330 e. The molecular weight excluding hydrogens is 350 g/mol. The van der Waals surface area contributed by atoms with Gasteiger partial charge in [0.25, 0.3) is 5.56 Å². The van der Waals surface area contributed by atoms with Crippen LogP contribution >= 0.6 is 0 Å². The molecule has 3 heterocycles. The number of carbonyl (C=O) groups excluding carboxylic acids is 1. The first-order chi connectivity index (χ1) is 13.0. The zero-order valence-electron chi connectivity index (χ0n) is 15.0. The van der Waals surface area contributed by atoms with Crippen molar-refractivity contribution in [3.05, 3.63) is 87.0 Å². The molecule has 3 rings (SSSR count). The Hall–Kier alpha value is -3.55. The van der Waals surface area contributed by atoms with Crippen LogP contribution in [0.3, 0.4) is 0 Å². The third kappa shape index (κ3) is 4.17. The summed E-state index contributed by atoms with van der Waals surface area (Å²) in [6.07, 6.45) is 7.18. The Kier molecular flexibility index (Phi) is 5.25. The first-order valence-electron chi connectivity index (χ1n) is 8.24. The molecular formula is C19H19N3O5. The molecule has 0 saturated heterocycles. The Labute approximate surface area is 154 Å². The van der Waals surface area contributed by atoms with Crippen molar-refractivity contribution in [1.82, 2.24) is 14.0 Å². The summed E-state index contributed by atoms with van der Waals surface area (Å²) in [4.78, 5) is 38.2. The molecule has 0 atom stereocenters. The molecule has 0 radical (unpaired) electrons. The summed E-state index contributed by atoms with van der Waals surface area (Å²) in [5, 5.41) is 0. The van der Waals surface area contributed by atoms with Gasteiger partial charge in [0.05, 0.1) is 31.2 Å². The number of carbonyl (C=O) groups is 1. The molecule has 140 valence electrons. The van der Waals surface area contributed by atoms with Crippen LogP contribution in [0.2, 0.25) is 0 Å². The van der Waals surface area contributed by atoms with Crippen LogP contribution in [-0.2, 0) is 32.0 Å². The third-order valence-corrected chi connectivity index (χ3v) is 4.04. The van der Waals surface area contributed by atoms with E-state index in [-0.39, 0.29) is 24.6 Å². The fraction of sp³-hybridized carbons (Fsp3) is 0.211. The van der Waals surface area contributed by atoms with E-state index in [2.05, 4.69) is 0 Å². The van der Waals surface area contributed by atoms with Gasteiger partial charge in [0.1, 0.15) is 11.5 Å². The molecule has 0 aromatic carbocycles. The highest BCUT2D eigenvalue weighted by Gasteiger charge is 2.15. The Morgan fingerprint density at radius 2 is 1.67 bits per heavy atom. The molecule has 8 heteroatoms. The molecule has 0 aliphatic rings. The molecule has 0 bridgehead atoms. The van der Waals surface area contributed by atoms with Crippen LogP contribution in [0.5, 0.6) is 0 Å². The molecule has 0 aliphatic heterocycles. The van der Waals surface area contributed by atoms with E-state index in [1.807, 2.05) is 0 Å². The minimum Gasteiger partial charge on any atom is -0.467 e. The largest absolute Gasteiger partial charge is 0.467 e. The predicted molar refractivity (Wildman–Crippen MR) is 97.6 cm³/mol. The Morgan fingerprint density at radius 3 is 2.19 bits per heavy atom. The lowest BCUT2D eigenvalue weighted by molar-refractivity contribution is -0.127. The fourth-order valence-corrected chi connectivity index (χ4v) is 2.61. The van der Waals surface area contributed by atoms with Gasteiger partial charge in [-0.25, -0.2) is 4.79 Å². The van der Waals surface area contributed by atoms with Crippen LogP contribution in [0.4, 0.5) is 0 Å². The van der Waals surface area contributed by atoms with Crippen LogP contribution in [0.1, 0.15) is 17.1 Å². The number of amides is 1. The van der Waals surface area contributed by atoms with E-state index in [1.54, 1.807) is 31.3 Å². The van der Waals surface area contributed by atoms with Crippen molar-refractivity contribution in [2.24, 2.45) is 14.1 Å². The number of hydrogen-bond donors (Lipinski definition) is 0. The van der Waals surface area contributed by atoms with Gasteiger partial charge in [-0.1, -0.05) is 0 Å². The summed E-state index contributed by atoms with van der Waals surface area (Å²) in [5.74, 6) is 0.932. The molecule has 1 amide bonds. The normalized spacial score (nSPS) is 11.2. The number of furan rings is 2. The Bertz CT molecular complexity index is 1020. The molecule has 0 unspecified atom stereocenters. The fourth-order valence-electron chi connectivity index (χ4n) is 2.61. The van der Waals surface area contributed by atoms with Crippen molar-refractivity contribution in [2.45, 2.75) is 13.1 Å².